The van der Waals surface area contributed by atoms with Crippen molar-refractivity contribution in [3.8, 4) is 5.75 Å². The third-order valence-corrected chi connectivity index (χ3v) is 11.9. The SMILES string of the molecule is COC(=O)[C@]12CCC(c3ccc(OC)cc3)=C[C@H]1CC[C@H]2O[Si](C)(C)C(C)(C)C. The summed E-state index contributed by atoms with van der Waals surface area (Å²) < 4.78 is 17.5. The Labute approximate surface area is 176 Å². The maximum atomic E-state index is 13.1. The van der Waals surface area contributed by atoms with Crippen molar-refractivity contribution in [3.63, 3.8) is 0 Å². The van der Waals surface area contributed by atoms with Gasteiger partial charge in [0.15, 0.2) is 8.32 Å². The van der Waals surface area contributed by atoms with Crippen LogP contribution in [0.15, 0.2) is 30.3 Å². The molecule has 1 aromatic rings. The molecule has 0 amide bonds. The summed E-state index contributed by atoms with van der Waals surface area (Å²) in [6.45, 7) is 11.3. The molecule has 0 aromatic heterocycles. The van der Waals surface area contributed by atoms with Crippen LogP contribution in [0.2, 0.25) is 18.1 Å². The fourth-order valence-electron chi connectivity index (χ4n) is 4.65. The molecule has 2 aliphatic carbocycles. The Hall–Kier alpha value is -1.59. The summed E-state index contributed by atoms with van der Waals surface area (Å²) in [6, 6.07) is 8.20. The molecule has 4 nitrogen and oxygen atoms in total. The number of fused-ring (bicyclic) bond motifs is 1. The van der Waals surface area contributed by atoms with Gasteiger partial charge in [0.25, 0.3) is 0 Å². The average molecular weight is 417 g/mol. The van der Waals surface area contributed by atoms with Gasteiger partial charge in [0.2, 0.25) is 0 Å². The van der Waals surface area contributed by atoms with Crippen LogP contribution >= 0.6 is 0 Å². The summed E-state index contributed by atoms with van der Waals surface area (Å²) in [5.41, 5.74) is 1.96. The van der Waals surface area contributed by atoms with E-state index in [1.54, 1.807) is 7.11 Å². The molecule has 0 N–H and O–H groups in total. The number of esters is 1. The van der Waals surface area contributed by atoms with Gasteiger partial charge in [0.05, 0.1) is 25.7 Å². The smallest absolute Gasteiger partial charge is 0.315 e. The van der Waals surface area contributed by atoms with E-state index in [1.165, 1.54) is 18.2 Å². The van der Waals surface area contributed by atoms with Gasteiger partial charge in [-0.15, -0.1) is 0 Å². The normalized spacial score (nSPS) is 27.2. The van der Waals surface area contributed by atoms with Crippen LogP contribution in [0.5, 0.6) is 5.75 Å². The van der Waals surface area contributed by atoms with Gasteiger partial charge in [0, 0.05) is 0 Å². The largest absolute Gasteiger partial charge is 0.497 e. The van der Waals surface area contributed by atoms with Crippen LogP contribution in [-0.4, -0.2) is 34.6 Å². The van der Waals surface area contributed by atoms with Crippen molar-refractivity contribution < 1.29 is 18.7 Å². The number of carbonyl (C=O) groups is 1. The summed E-state index contributed by atoms with van der Waals surface area (Å²) in [7, 11) is 1.21. The fraction of sp³-hybridized carbons (Fsp3) is 0.625. The van der Waals surface area contributed by atoms with E-state index in [0.717, 1.165) is 31.4 Å². The van der Waals surface area contributed by atoms with Gasteiger partial charge in [-0.05, 0) is 73.0 Å². The Bertz CT molecular complexity index is 775. The average Bonchev–Trinajstić information content (AvgIpc) is 3.04. The van der Waals surface area contributed by atoms with Crippen molar-refractivity contribution in [2.24, 2.45) is 11.3 Å². The highest BCUT2D eigenvalue weighted by molar-refractivity contribution is 6.74. The molecule has 3 atom stereocenters. The second kappa shape index (κ2) is 7.92. The zero-order chi connectivity index (χ0) is 21.4. The molecule has 29 heavy (non-hydrogen) atoms. The lowest BCUT2D eigenvalue weighted by Crippen LogP contribution is -2.52. The van der Waals surface area contributed by atoms with Crippen molar-refractivity contribution in [1.82, 2.24) is 0 Å². The van der Waals surface area contributed by atoms with Gasteiger partial charge in [-0.2, -0.15) is 0 Å². The minimum Gasteiger partial charge on any atom is -0.497 e. The number of rotatable bonds is 5. The van der Waals surface area contributed by atoms with Crippen molar-refractivity contribution in [1.29, 1.82) is 0 Å². The zero-order valence-corrected chi connectivity index (χ0v) is 20.0. The molecule has 2 aliphatic rings. The van der Waals surface area contributed by atoms with Crippen LogP contribution < -0.4 is 4.74 Å². The Morgan fingerprint density at radius 2 is 1.76 bits per heavy atom. The van der Waals surface area contributed by atoms with E-state index in [0.29, 0.717) is 0 Å². The summed E-state index contributed by atoms with van der Waals surface area (Å²) in [6.07, 6.45) is 5.77. The first-order valence-electron chi connectivity index (χ1n) is 10.7. The van der Waals surface area contributed by atoms with E-state index in [-0.39, 0.29) is 23.0 Å². The summed E-state index contributed by atoms with van der Waals surface area (Å²) in [5.74, 6) is 0.919. The van der Waals surface area contributed by atoms with E-state index in [9.17, 15) is 4.79 Å². The molecule has 1 fully saturated rings. The van der Waals surface area contributed by atoms with Gasteiger partial charge < -0.3 is 13.9 Å². The second-order valence-corrected chi connectivity index (χ2v) is 14.8. The topological polar surface area (TPSA) is 44.8 Å². The zero-order valence-electron chi connectivity index (χ0n) is 19.0. The van der Waals surface area contributed by atoms with Crippen LogP contribution in [-0.2, 0) is 14.0 Å². The van der Waals surface area contributed by atoms with Crippen LogP contribution in [0.4, 0.5) is 0 Å². The van der Waals surface area contributed by atoms with Crippen LogP contribution in [0.1, 0.15) is 52.0 Å². The number of methoxy groups -OCH3 is 2. The molecule has 0 bridgehead atoms. The van der Waals surface area contributed by atoms with E-state index in [4.69, 9.17) is 13.9 Å². The van der Waals surface area contributed by atoms with Crippen LogP contribution in [0.3, 0.4) is 0 Å². The molecular weight excluding hydrogens is 380 g/mol. The molecular formula is C24H36O4Si. The minimum atomic E-state index is -1.99. The van der Waals surface area contributed by atoms with Crippen molar-refractivity contribution >= 4 is 19.9 Å². The molecule has 0 aliphatic heterocycles. The fourth-order valence-corrected chi connectivity index (χ4v) is 6.04. The molecule has 0 radical (unpaired) electrons. The monoisotopic (exact) mass is 416 g/mol. The molecule has 1 saturated carbocycles. The Morgan fingerprint density at radius 3 is 2.31 bits per heavy atom. The van der Waals surface area contributed by atoms with E-state index >= 15 is 0 Å². The number of benzene rings is 1. The molecule has 0 spiro atoms. The van der Waals surface area contributed by atoms with Gasteiger partial charge in [0.1, 0.15) is 5.75 Å². The summed E-state index contributed by atoms with van der Waals surface area (Å²) in [5, 5.41) is 0.112. The first-order valence-corrected chi connectivity index (χ1v) is 13.6. The maximum Gasteiger partial charge on any atom is 0.315 e. The highest BCUT2D eigenvalue weighted by Gasteiger charge is 2.59. The highest BCUT2D eigenvalue weighted by Crippen LogP contribution is 2.56. The predicted octanol–water partition coefficient (Wildman–Crippen LogP) is 5.83. The summed E-state index contributed by atoms with van der Waals surface area (Å²) in [4.78, 5) is 13.1. The third kappa shape index (κ3) is 3.91. The Morgan fingerprint density at radius 1 is 1.10 bits per heavy atom. The van der Waals surface area contributed by atoms with Crippen molar-refractivity contribution in [3.05, 3.63) is 35.9 Å². The number of hydrogen-bond acceptors (Lipinski definition) is 4. The highest BCUT2D eigenvalue weighted by atomic mass is 28.4. The number of allylic oxidation sites excluding steroid dienone is 2. The van der Waals surface area contributed by atoms with Gasteiger partial charge in [-0.25, -0.2) is 0 Å². The lowest BCUT2D eigenvalue weighted by atomic mass is 9.67. The van der Waals surface area contributed by atoms with E-state index in [1.807, 2.05) is 12.1 Å². The molecule has 5 heteroatoms. The predicted molar refractivity (Wildman–Crippen MR) is 119 cm³/mol. The Balaban J connectivity index is 1.92. The second-order valence-electron chi connectivity index (χ2n) is 10.0. The first kappa shape index (κ1) is 22.1. The lowest BCUT2D eigenvalue weighted by Gasteiger charge is -2.45. The van der Waals surface area contributed by atoms with Crippen molar-refractivity contribution in [2.75, 3.05) is 14.2 Å². The van der Waals surface area contributed by atoms with E-state index in [2.05, 4.69) is 52.1 Å². The third-order valence-electron chi connectivity index (χ3n) is 7.46. The van der Waals surface area contributed by atoms with Crippen LogP contribution in [0, 0.1) is 11.3 Å². The van der Waals surface area contributed by atoms with Crippen molar-refractivity contribution in [2.45, 2.75) is 70.7 Å². The number of carbonyl (C=O) groups excluding carboxylic acids is 1. The van der Waals surface area contributed by atoms with Crippen LogP contribution in [0.25, 0.3) is 5.57 Å². The first-order chi connectivity index (χ1) is 13.5. The van der Waals surface area contributed by atoms with Gasteiger partial charge in [-0.1, -0.05) is 39.0 Å². The van der Waals surface area contributed by atoms with E-state index < -0.39 is 13.7 Å². The Kier molecular flexibility index (Phi) is 6.03. The number of ether oxygens (including phenoxy) is 2. The molecule has 1 aromatic carbocycles. The molecule has 3 rings (SSSR count). The summed E-state index contributed by atoms with van der Waals surface area (Å²) >= 11 is 0. The molecule has 160 valence electrons. The standard InChI is InChI=1S/C24H36O4Si/c1-23(2,3)29(6,7)28-21-13-10-19-16-18(14-15-24(19,21)22(25)27-5)17-8-11-20(26-4)12-9-17/h8-9,11-12,16,19,21H,10,13-15H2,1-7H3/t19-,21-,24-/m1/s1. The number of hydrogen-bond donors (Lipinski definition) is 0. The molecule has 0 heterocycles. The van der Waals surface area contributed by atoms with Gasteiger partial charge >= 0.3 is 5.97 Å². The maximum absolute atomic E-state index is 13.1. The van der Waals surface area contributed by atoms with Gasteiger partial charge in [-0.3, -0.25) is 4.79 Å². The lowest BCUT2D eigenvalue weighted by molar-refractivity contribution is -0.161. The molecule has 0 unspecified atom stereocenters. The quantitative estimate of drug-likeness (QED) is 0.447. The molecule has 0 saturated heterocycles. The minimum absolute atomic E-state index is 0.0606.